The number of nitriles is 1. The van der Waals surface area contributed by atoms with E-state index in [1.165, 1.54) is 5.56 Å². The molecule has 3 amide bonds. The zero-order chi connectivity index (χ0) is 34.2. The number of amides is 3. The second-order valence-electron chi connectivity index (χ2n) is 14.2. The van der Waals surface area contributed by atoms with Crippen LogP contribution in [0.3, 0.4) is 0 Å². The van der Waals surface area contributed by atoms with E-state index < -0.39 is 0 Å². The minimum Gasteiger partial charge on any atom is -0.489 e. The van der Waals surface area contributed by atoms with E-state index in [0.29, 0.717) is 34.7 Å². The Hall–Kier alpha value is -4.46. The van der Waals surface area contributed by atoms with E-state index in [-0.39, 0.29) is 46.6 Å². The number of rotatable bonds is 8. The summed E-state index contributed by atoms with van der Waals surface area (Å²) in [5.41, 5.74) is 2.32. The van der Waals surface area contributed by atoms with Crippen molar-refractivity contribution in [2.24, 2.45) is 10.8 Å². The number of nitrogens with zero attached hydrogens (tertiary/aromatic N) is 4. The summed E-state index contributed by atoms with van der Waals surface area (Å²) in [6.45, 7) is 12.5. The van der Waals surface area contributed by atoms with Gasteiger partial charge in [0.2, 0.25) is 11.8 Å². The number of benzene rings is 2. The largest absolute Gasteiger partial charge is 0.489 e. The van der Waals surface area contributed by atoms with Gasteiger partial charge in [0.15, 0.2) is 0 Å². The molecular formula is C37H41ClN6O4. The summed E-state index contributed by atoms with van der Waals surface area (Å²) < 4.78 is 6.35. The first-order valence-corrected chi connectivity index (χ1v) is 16.8. The van der Waals surface area contributed by atoms with Gasteiger partial charge in [0, 0.05) is 68.3 Å². The fraction of sp³-hybridized carbons (Fsp3) is 0.432. The van der Waals surface area contributed by atoms with E-state index in [0.717, 1.165) is 44.1 Å². The smallest absolute Gasteiger partial charge is 0.253 e. The number of piperidine rings is 1. The Kier molecular flexibility index (Phi) is 9.20. The number of hydrogen-bond acceptors (Lipinski definition) is 8. The van der Waals surface area contributed by atoms with Crippen LogP contribution >= 0.6 is 11.6 Å². The van der Waals surface area contributed by atoms with Crippen LogP contribution in [0.25, 0.3) is 0 Å². The van der Waals surface area contributed by atoms with Crippen LogP contribution < -0.4 is 20.3 Å². The first-order chi connectivity index (χ1) is 22.9. The van der Waals surface area contributed by atoms with Crippen LogP contribution in [0, 0.1) is 22.2 Å². The van der Waals surface area contributed by atoms with Gasteiger partial charge >= 0.3 is 0 Å². The summed E-state index contributed by atoms with van der Waals surface area (Å²) in [5, 5.41) is 15.2. The third kappa shape index (κ3) is 6.62. The maximum absolute atomic E-state index is 13.4. The van der Waals surface area contributed by atoms with Crippen molar-refractivity contribution in [1.82, 2.24) is 20.5 Å². The van der Waals surface area contributed by atoms with Gasteiger partial charge in [0.1, 0.15) is 23.7 Å². The van der Waals surface area contributed by atoms with E-state index in [1.807, 2.05) is 24.3 Å². The number of aromatic nitrogens is 1. The number of carbonyl (C=O) groups is 3. The molecule has 10 nitrogen and oxygen atoms in total. The standard InChI is InChI=1S/C37H41ClN6O4/c1-36(2)34(37(3,4)35(36)48-27-11-9-25(20-39)29(38)19-27)42-32(46)26-10-13-30(40-21-26)44-17-15-43(16-18-44)22-23-5-7-24(8-6-23)28-12-14-31(45)41-33(28)47/h5-11,13,19,21,28,34-35H,12,14-18,22H2,1-4H3,(H,42,46)(H,41,45,47). The van der Waals surface area contributed by atoms with Crippen molar-refractivity contribution in [2.75, 3.05) is 31.1 Å². The molecule has 48 heavy (non-hydrogen) atoms. The molecule has 2 aliphatic heterocycles. The third-order valence-electron chi connectivity index (χ3n) is 10.2. The van der Waals surface area contributed by atoms with Gasteiger partial charge in [0.25, 0.3) is 5.91 Å². The highest BCUT2D eigenvalue weighted by molar-refractivity contribution is 6.31. The molecule has 0 bridgehead atoms. The lowest BCUT2D eigenvalue weighted by Gasteiger charge is -2.63. The molecule has 2 saturated heterocycles. The molecule has 3 aromatic rings. The molecule has 1 saturated carbocycles. The number of piperazine rings is 1. The average Bonchev–Trinajstić information content (AvgIpc) is 3.07. The molecule has 3 aliphatic rings. The summed E-state index contributed by atoms with van der Waals surface area (Å²) in [4.78, 5) is 46.3. The van der Waals surface area contributed by atoms with Gasteiger partial charge in [-0.15, -0.1) is 0 Å². The van der Waals surface area contributed by atoms with Gasteiger partial charge in [-0.2, -0.15) is 5.26 Å². The van der Waals surface area contributed by atoms with Gasteiger partial charge in [0.05, 0.1) is 22.1 Å². The maximum atomic E-state index is 13.4. The molecule has 3 fully saturated rings. The summed E-state index contributed by atoms with van der Waals surface area (Å²) in [6, 6.07) is 18.9. The van der Waals surface area contributed by atoms with Crippen molar-refractivity contribution in [3.8, 4) is 11.8 Å². The van der Waals surface area contributed by atoms with Crippen LogP contribution in [0.5, 0.6) is 5.75 Å². The molecule has 250 valence electrons. The van der Waals surface area contributed by atoms with Gasteiger partial charge < -0.3 is 15.0 Å². The van der Waals surface area contributed by atoms with Crippen molar-refractivity contribution in [3.63, 3.8) is 0 Å². The maximum Gasteiger partial charge on any atom is 0.253 e. The normalized spacial score (nSPS) is 23.4. The number of halogens is 1. The predicted octanol–water partition coefficient (Wildman–Crippen LogP) is 5.06. The summed E-state index contributed by atoms with van der Waals surface area (Å²) in [6.07, 6.45) is 2.39. The number of anilines is 1. The minimum absolute atomic E-state index is 0.141. The Morgan fingerprint density at radius 2 is 1.75 bits per heavy atom. The number of pyridine rings is 1. The Bertz CT molecular complexity index is 1730. The topological polar surface area (TPSA) is 128 Å². The van der Waals surface area contributed by atoms with E-state index in [1.54, 1.807) is 24.4 Å². The molecule has 1 aromatic heterocycles. The van der Waals surface area contributed by atoms with Crippen LogP contribution in [-0.4, -0.2) is 65.9 Å². The molecule has 2 aromatic carbocycles. The van der Waals surface area contributed by atoms with E-state index in [2.05, 4.69) is 71.3 Å². The lowest BCUT2D eigenvalue weighted by atomic mass is 9.49. The summed E-state index contributed by atoms with van der Waals surface area (Å²) in [7, 11) is 0. The Labute approximate surface area is 286 Å². The first kappa shape index (κ1) is 33.4. The molecular weight excluding hydrogens is 628 g/mol. The third-order valence-corrected chi connectivity index (χ3v) is 10.5. The molecule has 1 atom stereocenters. The van der Waals surface area contributed by atoms with Crippen LogP contribution in [0.15, 0.2) is 60.8 Å². The molecule has 11 heteroatoms. The number of imide groups is 1. The molecule has 0 spiro atoms. The molecule has 2 N–H and O–H groups in total. The zero-order valence-electron chi connectivity index (χ0n) is 27.8. The lowest BCUT2D eigenvalue weighted by Crippen LogP contribution is -2.74. The summed E-state index contributed by atoms with van der Waals surface area (Å²) in [5.74, 6) is 0.588. The lowest BCUT2D eigenvalue weighted by molar-refractivity contribution is -0.164. The van der Waals surface area contributed by atoms with Crippen LogP contribution in [0.1, 0.15) is 73.5 Å². The molecule has 1 unspecified atom stereocenters. The Morgan fingerprint density at radius 3 is 2.35 bits per heavy atom. The predicted molar refractivity (Wildman–Crippen MR) is 183 cm³/mol. The second kappa shape index (κ2) is 13.2. The van der Waals surface area contributed by atoms with Crippen molar-refractivity contribution < 1.29 is 19.1 Å². The van der Waals surface area contributed by atoms with Crippen molar-refractivity contribution >= 4 is 35.1 Å². The van der Waals surface area contributed by atoms with Crippen LogP contribution in [-0.2, 0) is 16.1 Å². The monoisotopic (exact) mass is 668 g/mol. The highest BCUT2D eigenvalue weighted by Gasteiger charge is 2.64. The van der Waals surface area contributed by atoms with E-state index >= 15 is 0 Å². The Morgan fingerprint density at radius 1 is 1.04 bits per heavy atom. The number of hydrogen-bond donors (Lipinski definition) is 2. The average molecular weight is 669 g/mol. The molecule has 3 heterocycles. The van der Waals surface area contributed by atoms with Gasteiger partial charge in [-0.1, -0.05) is 63.6 Å². The second-order valence-corrected chi connectivity index (χ2v) is 14.6. The molecule has 1 aliphatic carbocycles. The van der Waals surface area contributed by atoms with E-state index in [4.69, 9.17) is 16.3 Å². The Balaban J connectivity index is 0.994. The quantitative estimate of drug-likeness (QED) is 0.319. The fourth-order valence-corrected chi connectivity index (χ4v) is 7.99. The zero-order valence-corrected chi connectivity index (χ0v) is 28.5. The number of nitrogens with one attached hydrogen (secondary N) is 2. The number of carbonyl (C=O) groups excluding carboxylic acids is 3. The minimum atomic E-state index is -0.359. The van der Waals surface area contributed by atoms with Crippen LogP contribution in [0.4, 0.5) is 5.82 Å². The highest BCUT2D eigenvalue weighted by Crippen LogP contribution is 2.55. The van der Waals surface area contributed by atoms with Gasteiger partial charge in [-0.3, -0.25) is 24.6 Å². The SMILES string of the molecule is CC1(C)C(NC(=O)c2ccc(N3CCN(Cc4ccc(C5CCC(=O)NC5=O)cc4)CC3)nc2)C(C)(C)C1Oc1ccc(C#N)c(Cl)c1. The number of ether oxygens (including phenoxy) is 1. The van der Waals surface area contributed by atoms with E-state index in [9.17, 15) is 19.6 Å². The van der Waals surface area contributed by atoms with Crippen molar-refractivity contribution in [2.45, 2.75) is 65.1 Å². The van der Waals surface area contributed by atoms with Crippen molar-refractivity contribution in [1.29, 1.82) is 5.26 Å². The van der Waals surface area contributed by atoms with Gasteiger partial charge in [-0.25, -0.2) is 4.98 Å². The fourth-order valence-electron chi connectivity index (χ4n) is 7.78. The first-order valence-electron chi connectivity index (χ1n) is 16.4. The van der Waals surface area contributed by atoms with Crippen molar-refractivity contribution in [3.05, 3.63) is 88.1 Å². The summed E-state index contributed by atoms with van der Waals surface area (Å²) >= 11 is 6.22. The highest BCUT2D eigenvalue weighted by atomic mass is 35.5. The van der Waals surface area contributed by atoms with Gasteiger partial charge in [-0.05, 0) is 41.8 Å². The van der Waals surface area contributed by atoms with Crippen LogP contribution in [0.2, 0.25) is 5.02 Å². The molecule has 6 rings (SSSR count). The molecule has 0 radical (unpaired) electrons.